The average molecular weight is 484 g/mol. The molecule has 7 nitrogen and oxygen atoms in total. The molecule has 0 radical (unpaired) electrons. The molecule has 0 atom stereocenters. The van der Waals surface area contributed by atoms with Gasteiger partial charge in [-0.1, -0.05) is 49.2 Å². The Morgan fingerprint density at radius 1 is 0.889 bits per heavy atom. The molecule has 5 rings (SSSR count). The van der Waals surface area contributed by atoms with Crippen molar-refractivity contribution in [1.29, 1.82) is 0 Å². The molecule has 0 spiro atoms. The summed E-state index contributed by atoms with van der Waals surface area (Å²) in [6.45, 7) is 0.515. The van der Waals surface area contributed by atoms with Crippen molar-refractivity contribution >= 4 is 40.1 Å². The Morgan fingerprint density at radius 2 is 1.56 bits per heavy atom. The number of amides is 4. The van der Waals surface area contributed by atoms with Crippen LogP contribution in [0.15, 0.2) is 60.7 Å². The summed E-state index contributed by atoms with van der Waals surface area (Å²) in [5, 5.41) is 7.44. The number of anilines is 1. The fourth-order valence-electron chi connectivity index (χ4n) is 5.16. The van der Waals surface area contributed by atoms with Crippen LogP contribution in [-0.4, -0.2) is 35.1 Å². The summed E-state index contributed by atoms with van der Waals surface area (Å²) in [6, 6.07) is 18.4. The van der Waals surface area contributed by atoms with E-state index in [-0.39, 0.29) is 42.5 Å². The lowest BCUT2D eigenvalue weighted by Gasteiger charge is -2.27. The maximum Gasteiger partial charge on any atom is 0.261 e. The number of nitrogens with one attached hydrogen (secondary N) is 2. The largest absolute Gasteiger partial charge is 0.352 e. The molecule has 1 aliphatic heterocycles. The molecule has 0 saturated heterocycles. The van der Waals surface area contributed by atoms with E-state index >= 15 is 0 Å². The number of carbonyl (C=O) groups excluding carboxylic acids is 4. The Bertz CT molecular complexity index is 1290. The Kier molecular flexibility index (Phi) is 6.80. The highest BCUT2D eigenvalue weighted by Gasteiger charge is 2.32. The van der Waals surface area contributed by atoms with Crippen LogP contribution in [0.4, 0.5) is 5.69 Å². The molecular formula is C29H29N3O4. The first-order valence-electron chi connectivity index (χ1n) is 12.6. The lowest BCUT2D eigenvalue weighted by Crippen LogP contribution is -2.41. The van der Waals surface area contributed by atoms with Gasteiger partial charge in [0.05, 0.1) is 0 Å². The monoisotopic (exact) mass is 483 g/mol. The third kappa shape index (κ3) is 4.87. The molecule has 2 aliphatic rings. The maximum absolute atomic E-state index is 13.0. The fourth-order valence-corrected chi connectivity index (χ4v) is 5.16. The van der Waals surface area contributed by atoms with Crippen LogP contribution in [0.5, 0.6) is 0 Å². The number of hydrogen-bond donors (Lipinski definition) is 2. The van der Waals surface area contributed by atoms with Gasteiger partial charge in [-0.2, -0.15) is 0 Å². The minimum atomic E-state index is -0.318. The van der Waals surface area contributed by atoms with E-state index in [9.17, 15) is 19.2 Å². The van der Waals surface area contributed by atoms with Crippen LogP contribution in [0.1, 0.15) is 64.8 Å². The summed E-state index contributed by atoms with van der Waals surface area (Å²) >= 11 is 0. The third-order valence-electron chi connectivity index (χ3n) is 7.05. The van der Waals surface area contributed by atoms with Gasteiger partial charge in [-0.3, -0.25) is 24.1 Å². The van der Waals surface area contributed by atoms with Crippen LogP contribution >= 0.6 is 0 Å². The molecule has 184 valence electrons. The molecule has 0 aromatic heterocycles. The first-order valence-corrected chi connectivity index (χ1v) is 12.6. The van der Waals surface area contributed by atoms with Crippen molar-refractivity contribution in [2.24, 2.45) is 5.92 Å². The van der Waals surface area contributed by atoms with E-state index in [0.717, 1.165) is 42.3 Å². The summed E-state index contributed by atoms with van der Waals surface area (Å²) in [5.41, 5.74) is 2.66. The zero-order valence-electron chi connectivity index (χ0n) is 20.1. The Balaban J connectivity index is 1.12. The van der Waals surface area contributed by atoms with Crippen LogP contribution in [-0.2, 0) is 16.1 Å². The SMILES string of the molecule is O=C(CCCN1C(=O)c2cccc3cccc(c23)C1=O)NCc1cccc(NC(=O)C2CCCC2)c1. The van der Waals surface area contributed by atoms with Gasteiger partial charge in [0.1, 0.15) is 0 Å². The van der Waals surface area contributed by atoms with Gasteiger partial charge in [-0.05, 0) is 54.5 Å². The lowest BCUT2D eigenvalue weighted by atomic mass is 9.94. The van der Waals surface area contributed by atoms with Crippen LogP contribution < -0.4 is 10.6 Å². The van der Waals surface area contributed by atoms with E-state index in [1.165, 1.54) is 4.90 Å². The normalized spacial score (nSPS) is 15.4. The summed E-state index contributed by atoms with van der Waals surface area (Å²) < 4.78 is 0. The van der Waals surface area contributed by atoms with Gasteiger partial charge in [0.2, 0.25) is 11.8 Å². The molecular weight excluding hydrogens is 454 g/mol. The van der Waals surface area contributed by atoms with Gasteiger partial charge < -0.3 is 10.6 Å². The molecule has 4 amide bonds. The second-order valence-electron chi connectivity index (χ2n) is 9.52. The van der Waals surface area contributed by atoms with Crippen molar-refractivity contribution in [3.8, 4) is 0 Å². The number of rotatable bonds is 8. The van der Waals surface area contributed by atoms with Crippen molar-refractivity contribution in [2.45, 2.75) is 45.1 Å². The van der Waals surface area contributed by atoms with Crippen molar-refractivity contribution in [1.82, 2.24) is 10.2 Å². The fraction of sp³-hybridized carbons (Fsp3) is 0.310. The number of carbonyl (C=O) groups is 4. The van der Waals surface area contributed by atoms with Crippen LogP contribution in [0, 0.1) is 5.92 Å². The minimum absolute atomic E-state index is 0.0642. The zero-order chi connectivity index (χ0) is 25.1. The summed E-state index contributed by atoms with van der Waals surface area (Å²) in [7, 11) is 0. The van der Waals surface area contributed by atoms with Gasteiger partial charge in [0.25, 0.3) is 11.8 Å². The van der Waals surface area contributed by atoms with Crippen LogP contribution in [0.3, 0.4) is 0 Å². The molecule has 1 saturated carbocycles. The Hall–Kier alpha value is -4.00. The van der Waals surface area contributed by atoms with Gasteiger partial charge >= 0.3 is 0 Å². The maximum atomic E-state index is 13.0. The molecule has 1 heterocycles. The number of hydrogen-bond acceptors (Lipinski definition) is 4. The van der Waals surface area contributed by atoms with Gasteiger partial charge in [0, 0.05) is 47.6 Å². The molecule has 36 heavy (non-hydrogen) atoms. The predicted octanol–water partition coefficient (Wildman–Crippen LogP) is 4.66. The zero-order valence-corrected chi connectivity index (χ0v) is 20.1. The van der Waals surface area contributed by atoms with Crippen molar-refractivity contribution in [3.63, 3.8) is 0 Å². The van der Waals surface area contributed by atoms with Gasteiger partial charge in [0.15, 0.2) is 0 Å². The first-order chi connectivity index (χ1) is 17.5. The molecule has 7 heteroatoms. The van der Waals surface area contributed by atoms with E-state index in [0.29, 0.717) is 29.5 Å². The van der Waals surface area contributed by atoms with Gasteiger partial charge in [-0.25, -0.2) is 0 Å². The van der Waals surface area contributed by atoms with Crippen molar-refractivity contribution in [3.05, 3.63) is 77.4 Å². The van der Waals surface area contributed by atoms with E-state index in [4.69, 9.17) is 0 Å². The highest BCUT2D eigenvalue weighted by Crippen LogP contribution is 2.30. The number of nitrogens with zero attached hydrogens (tertiary/aromatic N) is 1. The van der Waals surface area contributed by atoms with E-state index in [2.05, 4.69) is 10.6 Å². The quantitative estimate of drug-likeness (QED) is 0.456. The second kappa shape index (κ2) is 10.3. The predicted molar refractivity (Wildman–Crippen MR) is 137 cm³/mol. The average Bonchev–Trinajstić information content (AvgIpc) is 3.43. The van der Waals surface area contributed by atoms with Crippen LogP contribution in [0.25, 0.3) is 10.8 Å². The lowest BCUT2D eigenvalue weighted by molar-refractivity contribution is -0.121. The molecule has 3 aromatic carbocycles. The number of imide groups is 1. The smallest absolute Gasteiger partial charge is 0.261 e. The standard InChI is InChI=1S/C29H29N3O4/c33-25(30-18-19-7-3-12-22(17-19)31-27(34)21-8-1-2-9-21)15-6-16-32-28(35)23-13-4-10-20-11-5-14-24(26(20)23)29(32)36/h3-5,7,10-14,17,21H,1-2,6,8-9,15-16,18H2,(H,30,33)(H,31,34). The number of benzene rings is 3. The van der Waals surface area contributed by atoms with E-state index in [1.54, 1.807) is 12.1 Å². The molecule has 0 unspecified atom stereocenters. The Labute approximate surface area is 209 Å². The Morgan fingerprint density at radius 3 is 2.25 bits per heavy atom. The summed E-state index contributed by atoms with van der Waals surface area (Å²) in [6.07, 6.45) is 4.66. The molecule has 1 aliphatic carbocycles. The molecule has 1 fully saturated rings. The summed E-state index contributed by atoms with van der Waals surface area (Å²) in [4.78, 5) is 52.0. The van der Waals surface area contributed by atoms with Crippen molar-refractivity contribution < 1.29 is 19.2 Å². The topological polar surface area (TPSA) is 95.6 Å². The molecule has 0 bridgehead atoms. The minimum Gasteiger partial charge on any atom is -0.352 e. The highest BCUT2D eigenvalue weighted by atomic mass is 16.2. The molecule has 3 aromatic rings. The second-order valence-corrected chi connectivity index (χ2v) is 9.52. The highest BCUT2D eigenvalue weighted by molar-refractivity contribution is 6.25. The van der Waals surface area contributed by atoms with Crippen molar-refractivity contribution in [2.75, 3.05) is 11.9 Å². The van der Waals surface area contributed by atoms with Crippen LogP contribution in [0.2, 0.25) is 0 Å². The van der Waals surface area contributed by atoms with E-state index in [1.807, 2.05) is 48.5 Å². The van der Waals surface area contributed by atoms with Gasteiger partial charge in [-0.15, -0.1) is 0 Å². The summed E-state index contributed by atoms with van der Waals surface area (Å²) in [5.74, 6) is -0.639. The molecule has 2 N–H and O–H groups in total. The first kappa shape index (κ1) is 23.7. The van der Waals surface area contributed by atoms with E-state index < -0.39 is 0 Å². The third-order valence-corrected chi connectivity index (χ3v) is 7.05.